The summed E-state index contributed by atoms with van der Waals surface area (Å²) >= 11 is 0. The minimum Gasteiger partial charge on any atom is -0.373 e. The van der Waals surface area contributed by atoms with Crippen LogP contribution in [0.3, 0.4) is 0 Å². The van der Waals surface area contributed by atoms with Crippen LogP contribution in [-0.4, -0.2) is 62.8 Å². The highest BCUT2D eigenvalue weighted by molar-refractivity contribution is 5.78. The monoisotopic (exact) mass is 241 g/mol. The molecule has 2 aliphatic heterocycles. The first-order valence-electron chi connectivity index (χ1n) is 6.41. The smallest absolute Gasteiger partial charge is 0.234 e. The van der Waals surface area contributed by atoms with Crippen LogP contribution in [0.1, 0.15) is 19.3 Å². The second kappa shape index (κ2) is 5.33. The number of amides is 1. The summed E-state index contributed by atoms with van der Waals surface area (Å²) in [6, 6.07) is 0.192. The van der Waals surface area contributed by atoms with Gasteiger partial charge in [0.25, 0.3) is 0 Å². The van der Waals surface area contributed by atoms with Crippen LogP contribution in [-0.2, 0) is 9.53 Å². The number of hydrogen-bond donors (Lipinski definition) is 2. The maximum atomic E-state index is 11.8. The Balaban J connectivity index is 1.92. The molecule has 5 nitrogen and oxygen atoms in total. The summed E-state index contributed by atoms with van der Waals surface area (Å²) in [5.41, 5.74) is -0.104. The van der Waals surface area contributed by atoms with Crippen molar-refractivity contribution >= 4 is 5.91 Å². The zero-order chi connectivity index (χ0) is 12.3. The van der Waals surface area contributed by atoms with Crippen LogP contribution in [0.4, 0.5) is 0 Å². The molecule has 0 bridgehead atoms. The first kappa shape index (κ1) is 12.8. The van der Waals surface area contributed by atoms with Crippen LogP contribution in [0.15, 0.2) is 0 Å². The number of ether oxygens (including phenoxy) is 1. The van der Waals surface area contributed by atoms with E-state index in [9.17, 15) is 4.79 Å². The van der Waals surface area contributed by atoms with Gasteiger partial charge in [0.05, 0.1) is 18.2 Å². The van der Waals surface area contributed by atoms with E-state index >= 15 is 0 Å². The molecular weight excluding hydrogens is 218 g/mol. The molecule has 0 aliphatic carbocycles. The average Bonchev–Trinajstić information content (AvgIpc) is 2.61. The quantitative estimate of drug-likeness (QED) is 0.704. The van der Waals surface area contributed by atoms with E-state index < -0.39 is 0 Å². The van der Waals surface area contributed by atoms with Gasteiger partial charge >= 0.3 is 0 Å². The Kier molecular flexibility index (Phi) is 4.01. The molecule has 2 rings (SSSR count). The van der Waals surface area contributed by atoms with E-state index in [2.05, 4.69) is 10.6 Å². The van der Waals surface area contributed by atoms with Gasteiger partial charge in [-0.3, -0.25) is 4.79 Å². The number of rotatable bonds is 3. The lowest BCUT2D eigenvalue weighted by molar-refractivity contribution is -0.124. The Morgan fingerprint density at radius 1 is 1.47 bits per heavy atom. The highest BCUT2D eigenvalue weighted by atomic mass is 16.5. The van der Waals surface area contributed by atoms with Crippen LogP contribution in [0, 0.1) is 0 Å². The van der Waals surface area contributed by atoms with Crippen molar-refractivity contribution in [2.24, 2.45) is 0 Å². The second-order valence-corrected chi connectivity index (χ2v) is 5.31. The maximum absolute atomic E-state index is 11.8. The molecule has 2 fully saturated rings. The standard InChI is InChI=1S/C12H23N3O2/c1-15(2)9-11(16)14-10-3-8-17-12(10)4-6-13-7-5-12/h10,13H,3-9H2,1-2H3,(H,14,16). The first-order chi connectivity index (χ1) is 8.12. The molecule has 0 aromatic rings. The Bertz CT molecular complexity index is 275. The highest BCUT2D eigenvalue weighted by Gasteiger charge is 2.45. The molecule has 2 N–H and O–H groups in total. The van der Waals surface area contributed by atoms with E-state index in [1.165, 1.54) is 0 Å². The van der Waals surface area contributed by atoms with Gasteiger partial charge < -0.3 is 20.3 Å². The predicted octanol–water partition coefficient (Wildman–Crippen LogP) is -0.425. The molecule has 5 heteroatoms. The molecule has 1 unspecified atom stereocenters. The molecule has 1 spiro atoms. The van der Waals surface area contributed by atoms with E-state index in [0.29, 0.717) is 6.54 Å². The molecule has 1 atom stereocenters. The van der Waals surface area contributed by atoms with Crippen molar-refractivity contribution in [2.75, 3.05) is 40.3 Å². The third-order valence-corrected chi connectivity index (χ3v) is 3.68. The lowest BCUT2D eigenvalue weighted by Crippen LogP contribution is -2.55. The third-order valence-electron chi connectivity index (χ3n) is 3.68. The van der Waals surface area contributed by atoms with Gasteiger partial charge in [0.15, 0.2) is 0 Å². The van der Waals surface area contributed by atoms with Crippen LogP contribution in [0.5, 0.6) is 0 Å². The number of likely N-dealkylation sites (N-methyl/N-ethyl adjacent to an activating group) is 1. The van der Waals surface area contributed by atoms with Crippen molar-refractivity contribution in [2.45, 2.75) is 30.9 Å². The van der Waals surface area contributed by atoms with Gasteiger partial charge in [-0.15, -0.1) is 0 Å². The molecule has 2 aliphatic rings. The molecule has 2 saturated heterocycles. The largest absolute Gasteiger partial charge is 0.373 e. The molecule has 0 aromatic heterocycles. The Morgan fingerprint density at radius 3 is 2.82 bits per heavy atom. The van der Waals surface area contributed by atoms with Gasteiger partial charge in [0.2, 0.25) is 5.91 Å². The number of piperidine rings is 1. The van der Waals surface area contributed by atoms with Crippen molar-refractivity contribution in [3.63, 3.8) is 0 Å². The van der Waals surface area contributed by atoms with Crippen LogP contribution < -0.4 is 10.6 Å². The summed E-state index contributed by atoms with van der Waals surface area (Å²) in [5.74, 6) is 0.100. The summed E-state index contributed by atoms with van der Waals surface area (Å²) in [6.45, 7) is 3.19. The first-order valence-corrected chi connectivity index (χ1v) is 6.41. The molecule has 0 aromatic carbocycles. The third kappa shape index (κ3) is 2.97. The van der Waals surface area contributed by atoms with Crippen molar-refractivity contribution in [3.05, 3.63) is 0 Å². The molecule has 0 radical (unpaired) electrons. The zero-order valence-electron chi connectivity index (χ0n) is 10.8. The fraction of sp³-hybridized carbons (Fsp3) is 0.917. The minimum atomic E-state index is -0.104. The van der Waals surface area contributed by atoms with E-state index in [0.717, 1.165) is 39.0 Å². The Labute approximate surface area is 103 Å². The van der Waals surface area contributed by atoms with Gasteiger partial charge in [-0.1, -0.05) is 0 Å². The van der Waals surface area contributed by atoms with Gasteiger partial charge in [0.1, 0.15) is 0 Å². The van der Waals surface area contributed by atoms with Crippen molar-refractivity contribution < 1.29 is 9.53 Å². The van der Waals surface area contributed by atoms with Gasteiger partial charge in [-0.25, -0.2) is 0 Å². The molecule has 1 amide bonds. The Hall–Kier alpha value is -0.650. The lowest BCUT2D eigenvalue weighted by atomic mass is 9.85. The van der Waals surface area contributed by atoms with Crippen LogP contribution >= 0.6 is 0 Å². The van der Waals surface area contributed by atoms with E-state index in [1.807, 2.05) is 19.0 Å². The summed E-state index contributed by atoms with van der Waals surface area (Å²) in [7, 11) is 3.82. The molecule has 98 valence electrons. The molecule has 0 saturated carbocycles. The predicted molar refractivity (Wildman–Crippen MR) is 65.9 cm³/mol. The van der Waals surface area contributed by atoms with Gasteiger partial charge in [-0.2, -0.15) is 0 Å². The SMILES string of the molecule is CN(C)CC(=O)NC1CCOC12CCNCC2. The highest BCUT2D eigenvalue weighted by Crippen LogP contribution is 2.34. The number of nitrogens with one attached hydrogen (secondary N) is 2. The minimum absolute atomic E-state index is 0.100. The van der Waals surface area contributed by atoms with Crippen LogP contribution in [0.2, 0.25) is 0 Å². The number of carbonyl (C=O) groups is 1. The van der Waals surface area contributed by atoms with E-state index in [-0.39, 0.29) is 17.6 Å². The summed E-state index contributed by atoms with van der Waals surface area (Å²) in [4.78, 5) is 13.7. The van der Waals surface area contributed by atoms with Gasteiger partial charge in [0, 0.05) is 6.61 Å². The topological polar surface area (TPSA) is 53.6 Å². The molecule has 17 heavy (non-hydrogen) atoms. The number of hydrogen-bond acceptors (Lipinski definition) is 4. The zero-order valence-corrected chi connectivity index (χ0v) is 10.8. The fourth-order valence-electron chi connectivity index (χ4n) is 2.82. The second-order valence-electron chi connectivity index (χ2n) is 5.31. The molecular formula is C12H23N3O2. The van der Waals surface area contributed by atoms with Crippen LogP contribution in [0.25, 0.3) is 0 Å². The van der Waals surface area contributed by atoms with E-state index in [4.69, 9.17) is 4.74 Å². The molecule has 2 heterocycles. The van der Waals surface area contributed by atoms with Crippen molar-refractivity contribution in [1.29, 1.82) is 0 Å². The fourth-order valence-corrected chi connectivity index (χ4v) is 2.82. The number of nitrogens with zero attached hydrogens (tertiary/aromatic N) is 1. The normalized spacial score (nSPS) is 27.6. The van der Waals surface area contributed by atoms with Crippen molar-refractivity contribution in [3.8, 4) is 0 Å². The maximum Gasteiger partial charge on any atom is 0.234 e. The lowest BCUT2D eigenvalue weighted by Gasteiger charge is -2.38. The Morgan fingerprint density at radius 2 is 2.18 bits per heavy atom. The number of carbonyl (C=O) groups excluding carboxylic acids is 1. The average molecular weight is 241 g/mol. The summed E-state index contributed by atoms with van der Waals surface area (Å²) in [5, 5.41) is 6.48. The van der Waals surface area contributed by atoms with E-state index in [1.54, 1.807) is 0 Å². The summed E-state index contributed by atoms with van der Waals surface area (Å²) < 4.78 is 5.93. The van der Waals surface area contributed by atoms with Crippen molar-refractivity contribution in [1.82, 2.24) is 15.5 Å². The summed E-state index contributed by atoms with van der Waals surface area (Å²) in [6.07, 6.45) is 2.94. The van der Waals surface area contributed by atoms with Gasteiger partial charge in [-0.05, 0) is 46.4 Å².